The maximum atomic E-state index is 12.3. The van der Waals surface area contributed by atoms with Crippen LogP contribution >= 0.6 is 0 Å². The number of aromatic nitrogens is 1. The van der Waals surface area contributed by atoms with Crippen LogP contribution in [-0.4, -0.2) is 32.7 Å². The Kier molecular flexibility index (Phi) is 4.18. The van der Waals surface area contributed by atoms with Crippen molar-refractivity contribution in [1.82, 2.24) is 9.47 Å². The fraction of sp³-hybridized carbons (Fsp3) is 0.235. The summed E-state index contributed by atoms with van der Waals surface area (Å²) in [6.07, 6.45) is 1.52. The number of carbonyl (C=O) groups excluding carboxylic acids is 2. The number of rotatable bonds is 5. The first-order valence-electron chi connectivity index (χ1n) is 7.71. The van der Waals surface area contributed by atoms with Crippen molar-refractivity contribution in [1.29, 1.82) is 0 Å². The lowest BCUT2D eigenvalue weighted by molar-refractivity contribution is -0.385. The van der Waals surface area contributed by atoms with Crippen molar-refractivity contribution in [3.8, 4) is 0 Å². The molecule has 128 valence electrons. The molecular weight excluding hydrogens is 326 g/mol. The Labute approximate surface area is 142 Å². The van der Waals surface area contributed by atoms with Gasteiger partial charge in [0.15, 0.2) is 0 Å². The van der Waals surface area contributed by atoms with Crippen molar-refractivity contribution in [2.24, 2.45) is 0 Å². The summed E-state index contributed by atoms with van der Waals surface area (Å²) in [6.45, 7) is 1.82. The summed E-state index contributed by atoms with van der Waals surface area (Å²) in [5, 5.41) is 11.0. The van der Waals surface area contributed by atoms with Crippen LogP contribution in [0.2, 0.25) is 0 Å². The van der Waals surface area contributed by atoms with Crippen LogP contribution in [0.25, 0.3) is 0 Å². The summed E-state index contributed by atoms with van der Waals surface area (Å²) in [4.78, 5) is 48.0. The van der Waals surface area contributed by atoms with Gasteiger partial charge < -0.3 is 4.57 Å². The molecule has 0 saturated carbocycles. The maximum Gasteiger partial charge on any atom is 0.288 e. The third kappa shape index (κ3) is 2.93. The number of amides is 2. The smallest absolute Gasteiger partial charge is 0.288 e. The standard InChI is InChI=1S/C17H15N3O5/c1-11-9-15(21)18(10-14(11)20(24)25)7-4-8-19-16(22)12-5-2-3-6-13(12)17(19)23/h2-3,5-6,9-10H,4,7-8H2,1H3. The fourth-order valence-corrected chi connectivity index (χ4v) is 2.86. The molecule has 3 rings (SSSR count). The van der Waals surface area contributed by atoms with Crippen LogP contribution in [0.3, 0.4) is 0 Å². The number of hydrogen-bond acceptors (Lipinski definition) is 5. The van der Waals surface area contributed by atoms with E-state index in [1.807, 2.05) is 0 Å². The van der Waals surface area contributed by atoms with E-state index in [4.69, 9.17) is 0 Å². The van der Waals surface area contributed by atoms with Gasteiger partial charge in [0.05, 0.1) is 22.2 Å². The molecule has 1 aliphatic rings. The molecule has 0 N–H and O–H groups in total. The summed E-state index contributed by atoms with van der Waals surface area (Å²) >= 11 is 0. The van der Waals surface area contributed by atoms with E-state index in [0.717, 1.165) is 4.90 Å². The number of benzene rings is 1. The van der Waals surface area contributed by atoms with E-state index >= 15 is 0 Å². The Morgan fingerprint density at radius 3 is 2.20 bits per heavy atom. The lowest BCUT2D eigenvalue weighted by Crippen LogP contribution is -2.32. The van der Waals surface area contributed by atoms with Gasteiger partial charge in [-0.3, -0.25) is 29.4 Å². The number of carbonyl (C=O) groups is 2. The lowest BCUT2D eigenvalue weighted by atomic mass is 10.1. The van der Waals surface area contributed by atoms with E-state index in [1.54, 1.807) is 24.3 Å². The summed E-state index contributed by atoms with van der Waals surface area (Å²) in [6, 6.07) is 7.80. The quantitative estimate of drug-likeness (QED) is 0.468. The average Bonchev–Trinajstić information content (AvgIpc) is 2.81. The highest BCUT2D eigenvalue weighted by atomic mass is 16.6. The summed E-state index contributed by atoms with van der Waals surface area (Å²) in [5.74, 6) is -0.717. The largest absolute Gasteiger partial charge is 0.309 e. The molecule has 0 aliphatic carbocycles. The zero-order valence-electron chi connectivity index (χ0n) is 13.5. The molecule has 0 fully saturated rings. The van der Waals surface area contributed by atoms with Gasteiger partial charge in [-0.15, -0.1) is 0 Å². The van der Waals surface area contributed by atoms with E-state index in [9.17, 15) is 24.5 Å². The first-order valence-corrected chi connectivity index (χ1v) is 7.71. The van der Waals surface area contributed by atoms with Gasteiger partial charge in [0, 0.05) is 24.7 Å². The number of nitro groups is 1. The number of imide groups is 1. The zero-order chi connectivity index (χ0) is 18.1. The molecule has 2 amide bonds. The van der Waals surface area contributed by atoms with Crippen LogP contribution in [0.5, 0.6) is 0 Å². The third-order valence-electron chi connectivity index (χ3n) is 4.16. The third-order valence-corrected chi connectivity index (χ3v) is 4.16. The van der Waals surface area contributed by atoms with Gasteiger partial charge >= 0.3 is 0 Å². The van der Waals surface area contributed by atoms with Gasteiger partial charge in [0.2, 0.25) is 0 Å². The van der Waals surface area contributed by atoms with Crippen molar-refractivity contribution in [2.75, 3.05) is 6.54 Å². The highest BCUT2D eigenvalue weighted by molar-refractivity contribution is 6.21. The van der Waals surface area contributed by atoms with E-state index in [-0.39, 0.29) is 36.2 Å². The molecule has 1 aliphatic heterocycles. The van der Waals surface area contributed by atoms with Crippen LogP contribution in [0.1, 0.15) is 32.7 Å². The Bertz CT molecular complexity index is 913. The van der Waals surface area contributed by atoms with Crippen molar-refractivity contribution in [2.45, 2.75) is 19.9 Å². The first kappa shape index (κ1) is 16.6. The number of fused-ring (bicyclic) bond motifs is 1. The van der Waals surface area contributed by atoms with Crippen molar-refractivity contribution in [3.63, 3.8) is 0 Å². The SMILES string of the molecule is Cc1cc(=O)n(CCCN2C(=O)c3ccccc3C2=O)cc1[N+](=O)[O-]. The van der Waals surface area contributed by atoms with Crippen LogP contribution in [0.4, 0.5) is 5.69 Å². The monoisotopic (exact) mass is 341 g/mol. The minimum absolute atomic E-state index is 0.139. The zero-order valence-corrected chi connectivity index (χ0v) is 13.5. The molecule has 0 atom stereocenters. The molecule has 0 saturated heterocycles. The first-order chi connectivity index (χ1) is 11.9. The highest BCUT2D eigenvalue weighted by Gasteiger charge is 2.34. The van der Waals surface area contributed by atoms with Crippen LogP contribution < -0.4 is 5.56 Å². The second kappa shape index (κ2) is 6.31. The molecule has 0 radical (unpaired) electrons. The molecule has 2 heterocycles. The van der Waals surface area contributed by atoms with E-state index in [1.165, 1.54) is 23.8 Å². The topological polar surface area (TPSA) is 103 Å². The molecule has 1 aromatic carbocycles. The number of pyridine rings is 1. The van der Waals surface area contributed by atoms with Crippen molar-refractivity contribution >= 4 is 17.5 Å². The van der Waals surface area contributed by atoms with Crippen molar-refractivity contribution < 1.29 is 14.5 Å². The Hall–Kier alpha value is -3.29. The number of nitrogens with zero attached hydrogens (tertiary/aromatic N) is 3. The van der Waals surface area contributed by atoms with Crippen LogP contribution in [0.15, 0.2) is 41.3 Å². The van der Waals surface area contributed by atoms with Gasteiger partial charge in [-0.25, -0.2) is 0 Å². The molecule has 8 nitrogen and oxygen atoms in total. The summed E-state index contributed by atoms with van der Waals surface area (Å²) < 4.78 is 1.23. The van der Waals surface area contributed by atoms with E-state index in [2.05, 4.69) is 0 Å². The van der Waals surface area contributed by atoms with Gasteiger partial charge in [0.1, 0.15) is 0 Å². The van der Waals surface area contributed by atoms with Gasteiger partial charge in [0.25, 0.3) is 23.1 Å². The molecule has 0 bridgehead atoms. The highest BCUT2D eigenvalue weighted by Crippen LogP contribution is 2.22. The molecule has 2 aromatic rings. The fourth-order valence-electron chi connectivity index (χ4n) is 2.86. The van der Waals surface area contributed by atoms with Crippen LogP contribution in [0, 0.1) is 17.0 Å². The Morgan fingerprint density at radius 2 is 1.64 bits per heavy atom. The van der Waals surface area contributed by atoms with Crippen molar-refractivity contribution in [3.05, 3.63) is 73.7 Å². The molecule has 0 unspecified atom stereocenters. The molecule has 0 spiro atoms. The predicted octanol–water partition coefficient (Wildman–Crippen LogP) is 1.75. The predicted molar refractivity (Wildman–Crippen MR) is 88.5 cm³/mol. The summed E-state index contributed by atoms with van der Waals surface area (Å²) in [5.41, 5.74) is 0.545. The Morgan fingerprint density at radius 1 is 1.04 bits per heavy atom. The minimum Gasteiger partial charge on any atom is -0.309 e. The van der Waals surface area contributed by atoms with E-state index in [0.29, 0.717) is 23.1 Å². The average molecular weight is 341 g/mol. The molecular formula is C17H15N3O5. The second-order valence-corrected chi connectivity index (χ2v) is 5.79. The summed E-state index contributed by atoms with van der Waals surface area (Å²) in [7, 11) is 0. The number of aryl methyl sites for hydroxylation is 2. The normalized spacial score (nSPS) is 13.2. The molecule has 8 heteroatoms. The molecule has 25 heavy (non-hydrogen) atoms. The van der Waals surface area contributed by atoms with E-state index < -0.39 is 4.92 Å². The second-order valence-electron chi connectivity index (χ2n) is 5.79. The minimum atomic E-state index is -0.546. The maximum absolute atomic E-state index is 12.3. The lowest BCUT2D eigenvalue weighted by Gasteiger charge is -2.14. The van der Waals surface area contributed by atoms with Gasteiger partial charge in [-0.2, -0.15) is 0 Å². The molecule has 1 aromatic heterocycles. The van der Waals surface area contributed by atoms with Gasteiger partial charge in [-0.05, 0) is 25.5 Å². The van der Waals surface area contributed by atoms with Crippen LogP contribution in [-0.2, 0) is 6.54 Å². The Balaban J connectivity index is 1.72. The van der Waals surface area contributed by atoms with Gasteiger partial charge in [-0.1, -0.05) is 12.1 Å². The number of hydrogen-bond donors (Lipinski definition) is 0.